The topological polar surface area (TPSA) is 65.0 Å². The van der Waals surface area contributed by atoms with E-state index in [4.69, 9.17) is 13.9 Å². The molecule has 1 N–H and O–H groups in total. The van der Waals surface area contributed by atoms with Crippen LogP contribution in [0, 0.1) is 17.3 Å². The predicted octanol–water partition coefficient (Wildman–Crippen LogP) is 6.21. The molecule has 0 spiro atoms. The Kier molecular flexibility index (Phi) is 11.3. The van der Waals surface area contributed by atoms with Crippen LogP contribution < -0.4 is 0 Å². The largest absolute Gasteiger partial charge is 0.465 e. The van der Waals surface area contributed by atoms with Gasteiger partial charge in [0.05, 0.1) is 37.4 Å². The highest BCUT2D eigenvalue weighted by atomic mass is 28.4. The van der Waals surface area contributed by atoms with Gasteiger partial charge in [-0.15, -0.1) is 0 Å². The molecule has 4 atom stereocenters. The fourth-order valence-corrected chi connectivity index (χ4v) is 4.74. The summed E-state index contributed by atoms with van der Waals surface area (Å²) in [6, 6.07) is 10.1. The molecule has 0 fully saturated rings. The molecule has 190 valence electrons. The van der Waals surface area contributed by atoms with Crippen LogP contribution in [0.1, 0.15) is 67.4 Å². The number of carbonyl (C=O) groups excluding carboxylic acids is 1. The molecule has 0 heterocycles. The maximum Gasteiger partial charge on any atom is 0.311 e. The number of aliphatic hydroxyl groups excluding tert-OH is 1. The summed E-state index contributed by atoms with van der Waals surface area (Å²) in [5, 5.41) is 11.0. The van der Waals surface area contributed by atoms with Gasteiger partial charge in [-0.2, -0.15) is 0 Å². The van der Waals surface area contributed by atoms with Gasteiger partial charge < -0.3 is 19.0 Å². The molecule has 5 nitrogen and oxygen atoms in total. The zero-order valence-corrected chi connectivity index (χ0v) is 23.6. The van der Waals surface area contributed by atoms with Crippen molar-refractivity contribution < 1.29 is 23.8 Å². The molecule has 0 aliphatic carbocycles. The van der Waals surface area contributed by atoms with E-state index in [0.29, 0.717) is 19.6 Å². The molecule has 6 heteroatoms. The zero-order chi connectivity index (χ0) is 25.4. The molecule has 1 aromatic carbocycles. The van der Waals surface area contributed by atoms with Crippen molar-refractivity contribution in [2.24, 2.45) is 17.3 Å². The van der Waals surface area contributed by atoms with E-state index in [2.05, 4.69) is 52.9 Å². The Hall–Kier alpha value is -1.21. The van der Waals surface area contributed by atoms with Crippen LogP contribution in [0.4, 0.5) is 0 Å². The van der Waals surface area contributed by atoms with Crippen LogP contribution in [0.3, 0.4) is 0 Å². The van der Waals surface area contributed by atoms with Crippen LogP contribution in [-0.2, 0) is 25.3 Å². The number of esters is 1. The first-order valence-corrected chi connectivity index (χ1v) is 15.1. The van der Waals surface area contributed by atoms with Crippen molar-refractivity contribution in [1.82, 2.24) is 0 Å². The van der Waals surface area contributed by atoms with E-state index < -0.39 is 19.8 Å². The molecular weight excluding hydrogens is 432 g/mol. The highest BCUT2D eigenvalue weighted by molar-refractivity contribution is 6.74. The number of hydrogen-bond donors (Lipinski definition) is 1. The summed E-state index contributed by atoms with van der Waals surface area (Å²) in [7, 11) is -2.07. The SMILES string of the molecule is CC(COCc1ccccc1)[C@@H](O[Si](C)(C)C(C)(C)C)[C@H](C)[C@H](O)CCOC(=O)C(C)(C)C. The van der Waals surface area contributed by atoms with Gasteiger partial charge in [-0.25, -0.2) is 0 Å². The third kappa shape index (κ3) is 9.89. The third-order valence-corrected chi connectivity index (χ3v) is 11.1. The summed E-state index contributed by atoms with van der Waals surface area (Å²) >= 11 is 0. The van der Waals surface area contributed by atoms with Crippen molar-refractivity contribution >= 4 is 14.3 Å². The average molecular weight is 481 g/mol. The zero-order valence-electron chi connectivity index (χ0n) is 22.6. The van der Waals surface area contributed by atoms with Crippen LogP contribution in [0.5, 0.6) is 0 Å². The van der Waals surface area contributed by atoms with Crippen molar-refractivity contribution in [3.05, 3.63) is 35.9 Å². The van der Waals surface area contributed by atoms with Crippen LogP contribution in [0.2, 0.25) is 18.1 Å². The summed E-state index contributed by atoms with van der Waals surface area (Å²) in [5.41, 5.74) is 0.593. The van der Waals surface area contributed by atoms with Gasteiger partial charge in [0.25, 0.3) is 0 Å². The van der Waals surface area contributed by atoms with Gasteiger partial charge >= 0.3 is 5.97 Å². The first-order valence-electron chi connectivity index (χ1n) is 12.2. The second-order valence-electron chi connectivity index (χ2n) is 11.9. The van der Waals surface area contributed by atoms with Crippen molar-refractivity contribution in [3.63, 3.8) is 0 Å². The predicted molar refractivity (Wildman–Crippen MR) is 138 cm³/mol. The van der Waals surface area contributed by atoms with Gasteiger partial charge in [0.1, 0.15) is 0 Å². The second-order valence-corrected chi connectivity index (χ2v) is 16.7. The summed E-state index contributed by atoms with van der Waals surface area (Å²) in [6.07, 6.45) is -0.406. The minimum absolute atomic E-state index is 0.0583. The standard InChI is InChI=1S/C27H48O5Si/c1-20(18-30-19-22-14-12-11-13-15-22)24(32-33(9,10)27(6,7)8)21(2)23(28)16-17-31-25(29)26(3,4)5/h11-15,20-21,23-24,28H,16-19H2,1-10H3/t20?,21-,23-,24-/m1/s1. The summed E-state index contributed by atoms with van der Waals surface area (Å²) in [6.45, 7) is 22.1. The molecule has 0 amide bonds. The highest BCUT2D eigenvalue weighted by Crippen LogP contribution is 2.39. The fourth-order valence-electron chi connectivity index (χ4n) is 3.26. The van der Waals surface area contributed by atoms with Gasteiger partial charge in [-0.05, 0) is 44.5 Å². The molecule has 0 aliphatic rings. The van der Waals surface area contributed by atoms with E-state index in [-0.39, 0.29) is 35.6 Å². The lowest BCUT2D eigenvalue weighted by molar-refractivity contribution is -0.154. The van der Waals surface area contributed by atoms with E-state index in [1.54, 1.807) is 0 Å². The average Bonchev–Trinajstić information content (AvgIpc) is 2.70. The maximum atomic E-state index is 12.1. The number of aliphatic hydroxyl groups is 1. The molecule has 0 bridgehead atoms. The molecule has 0 aromatic heterocycles. The Balaban J connectivity index is 2.83. The normalized spacial score (nSPS) is 16.7. The van der Waals surface area contributed by atoms with Crippen molar-refractivity contribution in [3.8, 4) is 0 Å². The van der Waals surface area contributed by atoms with Crippen molar-refractivity contribution in [2.75, 3.05) is 13.2 Å². The molecule has 33 heavy (non-hydrogen) atoms. The molecule has 0 saturated heterocycles. The quantitative estimate of drug-likeness (QED) is 0.285. The third-order valence-electron chi connectivity index (χ3n) is 6.67. The highest BCUT2D eigenvalue weighted by Gasteiger charge is 2.42. The van der Waals surface area contributed by atoms with Gasteiger partial charge in [-0.3, -0.25) is 4.79 Å². The van der Waals surface area contributed by atoms with E-state index in [1.807, 2.05) is 45.9 Å². The molecule has 1 unspecified atom stereocenters. The maximum absolute atomic E-state index is 12.1. The monoisotopic (exact) mass is 480 g/mol. The van der Waals surface area contributed by atoms with Crippen LogP contribution in [-0.4, -0.2) is 44.8 Å². The summed E-state index contributed by atoms with van der Waals surface area (Å²) in [4.78, 5) is 12.1. The molecule has 1 rings (SSSR count). The second kappa shape index (κ2) is 12.5. The molecule has 0 aliphatic heterocycles. The Morgan fingerprint density at radius 3 is 2.12 bits per heavy atom. The van der Waals surface area contributed by atoms with Gasteiger partial charge in [0, 0.05) is 18.3 Å². The van der Waals surface area contributed by atoms with Crippen LogP contribution in [0.15, 0.2) is 30.3 Å². The number of rotatable bonds is 12. The van der Waals surface area contributed by atoms with Crippen molar-refractivity contribution in [1.29, 1.82) is 0 Å². The van der Waals surface area contributed by atoms with Gasteiger partial charge in [0.2, 0.25) is 0 Å². The van der Waals surface area contributed by atoms with E-state index in [0.717, 1.165) is 5.56 Å². The Bertz CT molecular complexity index is 705. The lowest BCUT2D eigenvalue weighted by atomic mass is 9.88. The van der Waals surface area contributed by atoms with E-state index in [1.165, 1.54) is 0 Å². The Morgan fingerprint density at radius 2 is 1.61 bits per heavy atom. The molecule has 0 radical (unpaired) electrons. The van der Waals surface area contributed by atoms with Crippen molar-refractivity contribution in [2.45, 2.75) is 98.8 Å². The molecule has 0 saturated carbocycles. The van der Waals surface area contributed by atoms with Gasteiger partial charge in [-0.1, -0.05) is 65.0 Å². The lowest BCUT2D eigenvalue weighted by Gasteiger charge is -2.43. The summed E-state index contributed by atoms with van der Waals surface area (Å²) in [5.74, 6) is -0.272. The number of ether oxygens (including phenoxy) is 2. The Labute approximate surface area is 203 Å². The smallest absolute Gasteiger partial charge is 0.311 e. The summed E-state index contributed by atoms with van der Waals surface area (Å²) < 4.78 is 18.2. The van der Waals surface area contributed by atoms with E-state index >= 15 is 0 Å². The molecule has 1 aromatic rings. The van der Waals surface area contributed by atoms with Crippen LogP contribution >= 0.6 is 0 Å². The number of benzene rings is 1. The Morgan fingerprint density at radius 1 is 1.03 bits per heavy atom. The minimum atomic E-state index is -2.07. The lowest BCUT2D eigenvalue weighted by Crippen LogP contribution is -2.50. The van der Waals surface area contributed by atoms with Gasteiger partial charge in [0.15, 0.2) is 8.32 Å². The van der Waals surface area contributed by atoms with E-state index in [9.17, 15) is 9.90 Å². The fraction of sp³-hybridized carbons (Fsp3) is 0.741. The molecular formula is C27H48O5Si. The van der Waals surface area contributed by atoms with Crippen LogP contribution in [0.25, 0.3) is 0 Å². The first kappa shape index (κ1) is 29.8. The number of carbonyl (C=O) groups is 1. The number of hydrogen-bond acceptors (Lipinski definition) is 5. The first-order chi connectivity index (χ1) is 15.1. The minimum Gasteiger partial charge on any atom is -0.465 e.